The van der Waals surface area contributed by atoms with Gasteiger partial charge in [-0.25, -0.2) is 0 Å². The van der Waals surface area contributed by atoms with Gasteiger partial charge in [-0.1, -0.05) is 48.2 Å². The molecule has 0 bridgehead atoms. The van der Waals surface area contributed by atoms with Crippen LogP contribution >= 0.6 is 11.8 Å². The molecular weight excluding hydrogens is 408 g/mol. The van der Waals surface area contributed by atoms with Crippen molar-refractivity contribution in [3.05, 3.63) is 60.2 Å². The molecule has 2 aromatic heterocycles. The number of para-hydroxylation sites is 2. The Balaban J connectivity index is 1.42. The number of hydrogen-bond acceptors (Lipinski definition) is 5. The number of thioether (sulfide) groups is 1. The summed E-state index contributed by atoms with van der Waals surface area (Å²) in [5.74, 6) is 1.46. The van der Waals surface area contributed by atoms with Crippen molar-refractivity contribution in [3.63, 3.8) is 0 Å². The third-order valence-corrected chi connectivity index (χ3v) is 6.65. The second-order valence-corrected chi connectivity index (χ2v) is 9.36. The third-order valence-electron chi connectivity index (χ3n) is 5.61. The molecule has 0 radical (unpaired) electrons. The second kappa shape index (κ2) is 7.89. The Morgan fingerprint density at radius 2 is 1.84 bits per heavy atom. The molecular formula is C24H24N4O2S. The zero-order valence-corrected chi connectivity index (χ0v) is 18.6. The molecule has 1 aliphatic rings. The average Bonchev–Trinajstić information content (AvgIpc) is 3.48. The van der Waals surface area contributed by atoms with E-state index in [0.717, 1.165) is 34.8 Å². The number of rotatable bonds is 5. The highest BCUT2D eigenvalue weighted by atomic mass is 32.2. The maximum Gasteiger partial charge on any atom is 0.240 e. The first-order chi connectivity index (χ1) is 15.0. The molecule has 0 unspecified atom stereocenters. The lowest BCUT2D eigenvalue weighted by molar-refractivity contribution is -0.117. The fourth-order valence-corrected chi connectivity index (χ4v) is 5.12. The van der Waals surface area contributed by atoms with Crippen LogP contribution in [0.2, 0.25) is 0 Å². The lowest BCUT2D eigenvalue weighted by Crippen LogP contribution is -2.35. The van der Waals surface area contributed by atoms with Crippen molar-refractivity contribution < 1.29 is 9.21 Å². The standard InChI is InChI=1S/C24H24N4O2S/c1-15(2)28-22(21-14-18-9-5-7-11-20(18)30-21)25-26-24(28)31-16(3)23(29)27-13-12-17-8-4-6-10-19(17)27/h4-11,14-16H,12-13H2,1-3H3/t16-/m0/s1. The highest BCUT2D eigenvalue weighted by Gasteiger charge is 2.30. The number of carbonyl (C=O) groups is 1. The minimum atomic E-state index is -0.281. The van der Waals surface area contributed by atoms with E-state index in [4.69, 9.17) is 4.42 Å². The summed E-state index contributed by atoms with van der Waals surface area (Å²) in [4.78, 5) is 15.1. The molecule has 0 saturated heterocycles. The molecule has 31 heavy (non-hydrogen) atoms. The number of carbonyl (C=O) groups excluding carboxylic acids is 1. The van der Waals surface area contributed by atoms with E-state index in [9.17, 15) is 4.79 Å². The van der Waals surface area contributed by atoms with E-state index in [2.05, 4.69) is 30.1 Å². The highest BCUT2D eigenvalue weighted by Crippen LogP contribution is 2.35. The van der Waals surface area contributed by atoms with Gasteiger partial charge in [-0.2, -0.15) is 0 Å². The molecule has 158 valence electrons. The van der Waals surface area contributed by atoms with Gasteiger partial charge < -0.3 is 9.32 Å². The maximum atomic E-state index is 13.2. The molecule has 7 heteroatoms. The number of hydrogen-bond donors (Lipinski definition) is 0. The Labute approximate surface area is 185 Å². The summed E-state index contributed by atoms with van der Waals surface area (Å²) in [6.45, 7) is 6.84. The predicted octanol–water partition coefficient (Wildman–Crippen LogP) is 5.34. The number of furan rings is 1. The molecule has 1 atom stereocenters. The van der Waals surface area contributed by atoms with Gasteiger partial charge in [0, 0.05) is 23.7 Å². The van der Waals surface area contributed by atoms with E-state index < -0.39 is 0 Å². The first kappa shape index (κ1) is 19.9. The van der Waals surface area contributed by atoms with Gasteiger partial charge in [0.1, 0.15) is 5.58 Å². The van der Waals surface area contributed by atoms with Gasteiger partial charge in [0.05, 0.1) is 5.25 Å². The van der Waals surface area contributed by atoms with Crippen LogP contribution < -0.4 is 4.90 Å². The molecule has 0 fully saturated rings. The fraction of sp³-hybridized carbons (Fsp3) is 0.292. The minimum absolute atomic E-state index is 0.0959. The molecule has 1 amide bonds. The molecule has 0 aliphatic carbocycles. The molecule has 6 nitrogen and oxygen atoms in total. The Morgan fingerprint density at radius 1 is 1.06 bits per heavy atom. The number of benzene rings is 2. The van der Waals surface area contributed by atoms with Gasteiger partial charge in [-0.05, 0) is 51.0 Å². The molecule has 4 aromatic rings. The van der Waals surface area contributed by atoms with Gasteiger partial charge in [0.2, 0.25) is 11.7 Å². The number of anilines is 1. The smallest absolute Gasteiger partial charge is 0.240 e. The Hall–Kier alpha value is -3.06. The summed E-state index contributed by atoms with van der Waals surface area (Å²) in [6, 6.07) is 18.1. The molecule has 0 saturated carbocycles. The van der Waals surface area contributed by atoms with Crippen molar-refractivity contribution >= 4 is 34.3 Å². The SMILES string of the molecule is CC(C)n1c(S[C@@H](C)C(=O)N2CCc3ccccc32)nnc1-c1cc2ccccc2o1. The minimum Gasteiger partial charge on any atom is -0.453 e. The van der Waals surface area contributed by atoms with Gasteiger partial charge >= 0.3 is 0 Å². The van der Waals surface area contributed by atoms with Crippen LogP contribution in [0.1, 0.15) is 32.4 Å². The van der Waals surface area contributed by atoms with Crippen LogP contribution in [0.25, 0.3) is 22.6 Å². The van der Waals surface area contributed by atoms with Gasteiger partial charge in [-0.15, -0.1) is 10.2 Å². The molecule has 1 aliphatic heterocycles. The van der Waals surface area contributed by atoms with Crippen LogP contribution in [0.5, 0.6) is 0 Å². The predicted molar refractivity (Wildman–Crippen MR) is 123 cm³/mol. The van der Waals surface area contributed by atoms with E-state index >= 15 is 0 Å². The van der Waals surface area contributed by atoms with Gasteiger partial charge in [0.25, 0.3) is 0 Å². The Bertz CT molecular complexity index is 1230. The van der Waals surface area contributed by atoms with Crippen LogP contribution in [0.4, 0.5) is 5.69 Å². The summed E-state index contributed by atoms with van der Waals surface area (Å²) in [5.41, 5.74) is 3.07. The molecule has 3 heterocycles. The maximum absolute atomic E-state index is 13.2. The quantitative estimate of drug-likeness (QED) is 0.398. The topological polar surface area (TPSA) is 64.2 Å². The normalized spacial score (nSPS) is 14.4. The van der Waals surface area contributed by atoms with Crippen molar-refractivity contribution in [1.29, 1.82) is 0 Å². The highest BCUT2D eigenvalue weighted by molar-refractivity contribution is 8.00. The zero-order valence-electron chi connectivity index (χ0n) is 17.8. The number of aromatic nitrogens is 3. The van der Waals surface area contributed by atoms with Crippen LogP contribution in [0, 0.1) is 0 Å². The molecule has 5 rings (SSSR count). The second-order valence-electron chi connectivity index (χ2n) is 8.05. The van der Waals surface area contributed by atoms with Crippen molar-refractivity contribution in [2.45, 2.75) is 43.6 Å². The summed E-state index contributed by atoms with van der Waals surface area (Å²) < 4.78 is 8.07. The van der Waals surface area contributed by atoms with E-state index in [1.165, 1.54) is 17.3 Å². The van der Waals surface area contributed by atoms with E-state index in [0.29, 0.717) is 11.6 Å². The number of amides is 1. The summed E-state index contributed by atoms with van der Waals surface area (Å²) in [7, 11) is 0. The molecule has 0 N–H and O–H groups in total. The zero-order chi connectivity index (χ0) is 21.5. The number of nitrogens with zero attached hydrogens (tertiary/aromatic N) is 4. The first-order valence-electron chi connectivity index (χ1n) is 10.5. The van der Waals surface area contributed by atoms with E-state index in [-0.39, 0.29) is 17.2 Å². The van der Waals surface area contributed by atoms with Crippen molar-refractivity contribution in [3.8, 4) is 11.6 Å². The fourth-order valence-electron chi connectivity index (χ4n) is 4.08. The Kier molecular flexibility index (Phi) is 5.06. The monoisotopic (exact) mass is 432 g/mol. The lowest BCUT2D eigenvalue weighted by atomic mass is 10.2. The van der Waals surface area contributed by atoms with E-state index in [1.807, 2.05) is 64.9 Å². The summed E-state index contributed by atoms with van der Waals surface area (Å²) in [5, 5.41) is 10.3. The van der Waals surface area contributed by atoms with Crippen LogP contribution in [-0.4, -0.2) is 32.5 Å². The number of fused-ring (bicyclic) bond motifs is 2. The summed E-state index contributed by atoms with van der Waals surface area (Å²) in [6.07, 6.45) is 0.900. The molecule has 2 aromatic carbocycles. The van der Waals surface area contributed by atoms with Crippen LogP contribution in [0.15, 0.2) is 64.2 Å². The van der Waals surface area contributed by atoms with Crippen LogP contribution in [-0.2, 0) is 11.2 Å². The van der Waals surface area contributed by atoms with Gasteiger partial charge in [-0.3, -0.25) is 9.36 Å². The van der Waals surface area contributed by atoms with E-state index in [1.54, 1.807) is 0 Å². The van der Waals surface area contributed by atoms with Crippen molar-refractivity contribution in [2.24, 2.45) is 0 Å². The van der Waals surface area contributed by atoms with Crippen molar-refractivity contribution in [1.82, 2.24) is 14.8 Å². The third kappa shape index (κ3) is 3.53. The van der Waals surface area contributed by atoms with Gasteiger partial charge in [0.15, 0.2) is 10.9 Å². The lowest BCUT2D eigenvalue weighted by Gasteiger charge is -2.21. The van der Waals surface area contributed by atoms with Crippen molar-refractivity contribution in [2.75, 3.05) is 11.4 Å². The van der Waals surface area contributed by atoms with Crippen LogP contribution in [0.3, 0.4) is 0 Å². The Morgan fingerprint density at radius 3 is 2.65 bits per heavy atom. The average molecular weight is 433 g/mol. The largest absolute Gasteiger partial charge is 0.453 e. The summed E-state index contributed by atoms with van der Waals surface area (Å²) >= 11 is 1.45. The first-order valence-corrected chi connectivity index (χ1v) is 11.4. The molecule has 0 spiro atoms.